The summed E-state index contributed by atoms with van der Waals surface area (Å²) in [6.45, 7) is 4.87. The Kier molecular flexibility index (Phi) is 8.63. The van der Waals surface area contributed by atoms with E-state index in [2.05, 4.69) is 30.2 Å². The van der Waals surface area contributed by atoms with Crippen LogP contribution in [0.5, 0.6) is 0 Å². The summed E-state index contributed by atoms with van der Waals surface area (Å²) in [7, 11) is 0. The summed E-state index contributed by atoms with van der Waals surface area (Å²) >= 11 is 7.80. The van der Waals surface area contributed by atoms with Gasteiger partial charge in [0.1, 0.15) is 4.88 Å². The zero-order valence-corrected chi connectivity index (χ0v) is 19.5. The molecule has 0 atom stereocenters. The zero-order valence-electron chi connectivity index (χ0n) is 17.9. The Morgan fingerprint density at radius 1 is 0.968 bits per heavy atom. The minimum absolute atomic E-state index is 0.148. The van der Waals surface area contributed by atoms with E-state index in [1.165, 1.54) is 30.6 Å². The van der Waals surface area contributed by atoms with Crippen LogP contribution in [0.25, 0.3) is 21.2 Å². The summed E-state index contributed by atoms with van der Waals surface area (Å²) in [6.07, 6.45) is 7.62. The van der Waals surface area contributed by atoms with Crippen LogP contribution >= 0.6 is 22.9 Å². The van der Waals surface area contributed by atoms with Crippen molar-refractivity contribution < 1.29 is 4.79 Å². The van der Waals surface area contributed by atoms with E-state index in [4.69, 9.17) is 11.6 Å². The lowest BCUT2D eigenvalue weighted by Gasteiger charge is -2.07. The highest BCUT2D eigenvalue weighted by Crippen LogP contribution is 2.35. The van der Waals surface area contributed by atoms with Gasteiger partial charge in [0.15, 0.2) is 0 Å². The van der Waals surface area contributed by atoms with Crippen LogP contribution in [0.1, 0.15) is 48.3 Å². The lowest BCUT2D eigenvalue weighted by molar-refractivity contribution is 0.0955. The third-order valence-electron chi connectivity index (χ3n) is 4.84. The Hall–Kier alpha value is -2.69. The molecule has 2 aromatic heterocycles. The maximum atomic E-state index is 12.6. The Morgan fingerprint density at radius 2 is 1.71 bits per heavy atom. The summed E-state index contributed by atoms with van der Waals surface area (Å²) in [4.78, 5) is 17.2. The van der Waals surface area contributed by atoms with Gasteiger partial charge in [0.2, 0.25) is 0 Å². The number of rotatable bonds is 6. The fourth-order valence-electron chi connectivity index (χ4n) is 3.18. The largest absolute Gasteiger partial charge is 0.347 e. The minimum atomic E-state index is -0.148. The van der Waals surface area contributed by atoms with E-state index in [0.717, 1.165) is 26.8 Å². The summed E-state index contributed by atoms with van der Waals surface area (Å²) in [5.74, 6) is -0.148. The lowest BCUT2D eigenvalue weighted by atomic mass is 10.0. The van der Waals surface area contributed by atoms with Crippen LogP contribution in [-0.4, -0.2) is 10.9 Å². The molecule has 3 nitrogen and oxygen atoms in total. The molecule has 0 aliphatic heterocycles. The average molecular weight is 451 g/mol. The van der Waals surface area contributed by atoms with Crippen molar-refractivity contribution in [2.75, 3.05) is 0 Å². The van der Waals surface area contributed by atoms with E-state index >= 15 is 0 Å². The molecule has 0 bridgehead atoms. The van der Waals surface area contributed by atoms with Crippen LogP contribution in [0.2, 0.25) is 5.02 Å². The van der Waals surface area contributed by atoms with E-state index in [9.17, 15) is 4.79 Å². The van der Waals surface area contributed by atoms with Crippen LogP contribution in [-0.2, 0) is 6.54 Å². The molecule has 1 N–H and O–H groups in total. The molecule has 4 aromatic rings. The highest BCUT2D eigenvalue weighted by molar-refractivity contribution is 7.21. The Bertz CT molecular complexity index is 1120. The number of pyridine rings is 1. The maximum Gasteiger partial charge on any atom is 0.263 e. The Labute approximate surface area is 193 Å². The van der Waals surface area contributed by atoms with Crippen LogP contribution in [0, 0.1) is 0 Å². The van der Waals surface area contributed by atoms with Crippen molar-refractivity contribution in [1.29, 1.82) is 0 Å². The number of nitrogens with one attached hydrogen (secondary N) is 1. The molecule has 31 heavy (non-hydrogen) atoms. The second-order valence-electron chi connectivity index (χ2n) is 7.21. The number of halogens is 1. The van der Waals surface area contributed by atoms with Gasteiger partial charge in [0.05, 0.1) is 5.02 Å². The molecule has 160 valence electrons. The SMILES string of the molecule is CCCCC.O=C(NCc1cccc(-c2ccncc2)c1)c1sc2ccccc2c1Cl. The first-order valence-electron chi connectivity index (χ1n) is 10.6. The van der Waals surface area contributed by atoms with Crippen LogP contribution in [0.15, 0.2) is 73.1 Å². The number of nitrogens with zero attached hydrogens (tertiary/aromatic N) is 1. The predicted octanol–water partition coefficient (Wildman–Crippen LogP) is 7.74. The van der Waals surface area contributed by atoms with Gasteiger partial charge in [-0.05, 0) is 41.0 Å². The lowest BCUT2D eigenvalue weighted by Crippen LogP contribution is -2.22. The van der Waals surface area contributed by atoms with Crippen molar-refractivity contribution >= 4 is 38.9 Å². The van der Waals surface area contributed by atoms with Crippen LogP contribution < -0.4 is 5.32 Å². The first-order chi connectivity index (χ1) is 15.1. The molecule has 5 heteroatoms. The number of carbonyl (C=O) groups excluding carboxylic acids is 1. The minimum Gasteiger partial charge on any atom is -0.347 e. The van der Waals surface area contributed by atoms with Crippen LogP contribution in [0.3, 0.4) is 0 Å². The van der Waals surface area contributed by atoms with E-state index in [-0.39, 0.29) is 5.91 Å². The van der Waals surface area contributed by atoms with E-state index in [1.54, 1.807) is 12.4 Å². The summed E-state index contributed by atoms with van der Waals surface area (Å²) < 4.78 is 1.02. The van der Waals surface area contributed by atoms with Crippen molar-refractivity contribution in [2.45, 2.75) is 39.7 Å². The van der Waals surface area contributed by atoms with Crippen molar-refractivity contribution in [3.05, 3.63) is 88.5 Å². The molecule has 2 aromatic carbocycles. The fraction of sp³-hybridized carbons (Fsp3) is 0.231. The molecule has 0 fully saturated rings. The quantitative estimate of drug-likeness (QED) is 0.326. The van der Waals surface area contributed by atoms with Crippen molar-refractivity contribution in [3.63, 3.8) is 0 Å². The molecule has 4 rings (SSSR count). The van der Waals surface area contributed by atoms with Gasteiger partial charge in [0, 0.05) is 29.0 Å². The van der Waals surface area contributed by atoms with Crippen molar-refractivity contribution in [3.8, 4) is 11.1 Å². The zero-order chi connectivity index (χ0) is 22.1. The molecule has 2 heterocycles. The average Bonchev–Trinajstić information content (AvgIpc) is 3.16. The number of unbranched alkanes of at least 4 members (excludes halogenated alkanes) is 2. The van der Waals surface area contributed by atoms with Gasteiger partial charge in [-0.15, -0.1) is 11.3 Å². The predicted molar refractivity (Wildman–Crippen MR) is 133 cm³/mol. The van der Waals surface area contributed by atoms with E-state index in [0.29, 0.717) is 16.4 Å². The van der Waals surface area contributed by atoms with Gasteiger partial charge in [-0.2, -0.15) is 0 Å². The standard InChI is InChI=1S/C21H15ClN2OS.C5H12/c22-19-17-6-1-2-7-18(17)26-20(19)21(25)24-13-14-4-3-5-16(12-14)15-8-10-23-11-9-15;1-3-5-4-2/h1-12H,13H2,(H,24,25);3-5H2,1-2H3. The van der Waals surface area contributed by atoms with Gasteiger partial charge >= 0.3 is 0 Å². The number of thiophene rings is 1. The Morgan fingerprint density at radius 3 is 2.39 bits per heavy atom. The van der Waals surface area contributed by atoms with Gasteiger partial charge in [-0.25, -0.2) is 0 Å². The summed E-state index contributed by atoms with van der Waals surface area (Å²) in [5.41, 5.74) is 3.23. The molecule has 0 saturated heterocycles. The van der Waals surface area contributed by atoms with E-state index in [1.807, 2.05) is 54.6 Å². The highest BCUT2D eigenvalue weighted by atomic mass is 35.5. The highest BCUT2D eigenvalue weighted by Gasteiger charge is 2.16. The molecular formula is C26H27ClN2OS. The third-order valence-corrected chi connectivity index (χ3v) is 6.52. The molecule has 1 amide bonds. The molecule has 0 aliphatic rings. The number of hydrogen-bond donors (Lipinski definition) is 1. The number of amides is 1. The van der Waals surface area contributed by atoms with Crippen LogP contribution in [0.4, 0.5) is 0 Å². The van der Waals surface area contributed by atoms with E-state index < -0.39 is 0 Å². The second kappa shape index (κ2) is 11.6. The fourth-order valence-corrected chi connectivity index (χ4v) is 4.61. The first-order valence-corrected chi connectivity index (χ1v) is 11.8. The number of benzene rings is 2. The smallest absolute Gasteiger partial charge is 0.263 e. The number of aromatic nitrogens is 1. The molecule has 0 saturated carbocycles. The number of carbonyl (C=O) groups is 1. The second-order valence-corrected chi connectivity index (χ2v) is 8.64. The normalized spacial score (nSPS) is 10.4. The number of hydrogen-bond acceptors (Lipinski definition) is 3. The maximum absolute atomic E-state index is 12.6. The van der Waals surface area contributed by atoms with Gasteiger partial charge in [0.25, 0.3) is 5.91 Å². The molecule has 0 spiro atoms. The first kappa shape index (κ1) is 23.0. The monoisotopic (exact) mass is 450 g/mol. The van der Waals surface area contributed by atoms with Gasteiger partial charge in [-0.3, -0.25) is 9.78 Å². The summed E-state index contributed by atoms with van der Waals surface area (Å²) in [6, 6.07) is 19.8. The van der Waals surface area contributed by atoms with Crippen molar-refractivity contribution in [2.24, 2.45) is 0 Å². The van der Waals surface area contributed by atoms with Crippen molar-refractivity contribution in [1.82, 2.24) is 10.3 Å². The topological polar surface area (TPSA) is 42.0 Å². The Balaban J connectivity index is 0.000000491. The molecule has 0 aliphatic carbocycles. The molecule has 0 radical (unpaired) electrons. The summed E-state index contributed by atoms with van der Waals surface area (Å²) in [5, 5.41) is 4.41. The molecular weight excluding hydrogens is 424 g/mol. The number of fused-ring (bicyclic) bond motifs is 1. The third kappa shape index (κ3) is 6.16. The molecule has 0 unspecified atom stereocenters. The van der Waals surface area contributed by atoms with Gasteiger partial charge < -0.3 is 5.32 Å². The van der Waals surface area contributed by atoms with Gasteiger partial charge in [-0.1, -0.05) is 81.1 Å².